The second-order valence-corrected chi connectivity index (χ2v) is 7.43. The van der Waals surface area contributed by atoms with Gasteiger partial charge in [0.25, 0.3) is 0 Å². The molecule has 2 atom stereocenters. The van der Waals surface area contributed by atoms with Crippen molar-refractivity contribution < 1.29 is 9.18 Å². The van der Waals surface area contributed by atoms with Crippen molar-refractivity contribution >= 4 is 29.4 Å². The maximum atomic E-state index is 13.6. The molecule has 2 N–H and O–H groups in total. The van der Waals surface area contributed by atoms with Crippen molar-refractivity contribution in [3.8, 4) is 0 Å². The summed E-state index contributed by atoms with van der Waals surface area (Å²) in [6.45, 7) is 1.49. The number of thioether (sulfide) groups is 1. The lowest BCUT2D eigenvalue weighted by atomic mass is 9.98. The fourth-order valence-corrected chi connectivity index (χ4v) is 3.70. The standard InChI is InChI=1S/C16H24FN5OS/c1-18-15-12(17)7-19-16(21-15)22-8-11(10-3-4-10)13(9-22)20-14(23)5-6-24-2/h7,10-11,13H,3-6,8-9H2,1-2H3,(H,20,23)(H,18,19,21). The molecule has 1 aliphatic carbocycles. The van der Waals surface area contributed by atoms with E-state index in [0.29, 0.717) is 30.7 Å². The molecule has 2 fully saturated rings. The van der Waals surface area contributed by atoms with Gasteiger partial charge in [-0.15, -0.1) is 0 Å². The first-order chi connectivity index (χ1) is 11.6. The van der Waals surface area contributed by atoms with Gasteiger partial charge in [-0.05, 0) is 25.0 Å². The summed E-state index contributed by atoms with van der Waals surface area (Å²) in [5.74, 6) is 2.31. The number of hydrogen-bond donors (Lipinski definition) is 2. The Morgan fingerprint density at radius 1 is 1.46 bits per heavy atom. The van der Waals surface area contributed by atoms with Crippen molar-refractivity contribution in [2.24, 2.45) is 11.8 Å². The Balaban J connectivity index is 1.69. The third-order valence-electron chi connectivity index (χ3n) is 4.72. The molecule has 1 aromatic rings. The molecule has 0 aromatic carbocycles. The van der Waals surface area contributed by atoms with Crippen molar-refractivity contribution in [2.45, 2.75) is 25.3 Å². The molecule has 0 bridgehead atoms. The minimum Gasteiger partial charge on any atom is -0.371 e. The Labute approximate surface area is 146 Å². The molecule has 0 spiro atoms. The van der Waals surface area contributed by atoms with Gasteiger partial charge in [0.15, 0.2) is 11.6 Å². The van der Waals surface area contributed by atoms with Crippen molar-refractivity contribution in [3.05, 3.63) is 12.0 Å². The molecule has 8 heteroatoms. The SMILES string of the molecule is CNc1nc(N2CC(NC(=O)CCSC)C(C3CC3)C2)ncc1F. The quantitative estimate of drug-likeness (QED) is 0.778. The first-order valence-electron chi connectivity index (χ1n) is 8.36. The van der Waals surface area contributed by atoms with Crippen LogP contribution in [-0.4, -0.2) is 54.1 Å². The number of nitrogens with one attached hydrogen (secondary N) is 2. The Hall–Kier alpha value is -1.57. The second kappa shape index (κ2) is 7.55. The molecule has 24 heavy (non-hydrogen) atoms. The van der Waals surface area contributed by atoms with E-state index in [9.17, 15) is 9.18 Å². The smallest absolute Gasteiger partial charge is 0.227 e. The van der Waals surface area contributed by atoms with Crippen LogP contribution in [-0.2, 0) is 4.79 Å². The summed E-state index contributed by atoms with van der Waals surface area (Å²) in [4.78, 5) is 22.6. The lowest BCUT2D eigenvalue weighted by molar-refractivity contribution is -0.121. The molecule has 132 valence electrons. The van der Waals surface area contributed by atoms with Crippen LogP contribution < -0.4 is 15.5 Å². The van der Waals surface area contributed by atoms with Crippen molar-refractivity contribution in [1.82, 2.24) is 15.3 Å². The molecule has 2 aliphatic rings. The van der Waals surface area contributed by atoms with Gasteiger partial charge < -0.3 is 15.5 Å². The van der Waals surface area contributed by atoms with Crippen LogP contribution in [0.3, 0.4) is 0 Å². The number of amides is 1. The largest absolute Gasteiger partial charge is 0.371 e. The fourth-order valence-electron chi connectivity index (χ4n) is 3.31. The van der Waals surface area contributed by atoms with Gasteiger partial charge in [-0.2, -0.15) is 16.7 Å². The van der Waals surface area contributed by atoms with Crippen LogP contribution in [0.4, 0.5) is 16.2 Å². The molecule has 1 saturated carbocycles. The van der Waals surface area contributed by atoms with E-state index >= 15 is 0 Å². The number of anilines is 2. The van der Waals surface area contributed by atoms with Crippen LogP contribution >= 0.6 is 11.8 Å². The molecule has 2 unspecified atom stereocenters. The Morgan fingerprint density at radius 3 is 2.92 bits per heavy atom. The number of carbonyl (C=O) groups excluding carboxylic acids is 1. The highest BCUT2D eigenvalue weighted by Crippen LogP contribution is 2.42. The number of hydrogen-bond acceptors (Lipinski definition) is 6. The Kier molecular flexibility index (Phi) is 5.43. The number of aromatic nitrogens is 2. The summed E-state index contributed by atoms with van der Waals surface area (Å²) in [6.07, 6.45) is 6.20. The number of rotatable bonds is 7. The molecule has 6 nitrogen and oxygen atoms in total. The van der Waals surface area contributed by atoms with Crippen LogP contribution in [0.5, 0.6) is 0 Å². The Bertz CT molecular complexity index is 598. The Morgan fingerprint density at radius 2 is 2.25 bits per heavy atom. The van der Waals surface area contributed by atoms with E-state index in [1.54, 1.807) is 18.8 Å². The maximum Gasteiger partial charge on any atom is 0.227 e. The minimum absolute atomic E-state index is 0.109. The molecule has 2 heterocycles. The van der Waals surface area contributed by atoms with Crippen LogP contribution in [0.1, 0.15) is 19.3 Å². The monoisotopic (exact) mass is 353 g/mol. The molecule has 3 rings (SSSR count). The van der Waals surface area contributed by atoms with Gasteiger partial charge in [-0.25, -0.2) is 9.37 Å². The van der Waals surface area contributed by atoms with E-state index in [2.05, 4.69) is 25.5 Å². The van der Waals surface area contributed by atoms with E-state index in [4.69, 9.17) is 0 Å². The highest BCUT2D eigenvalue weighted by Gasteiger charge is 2.43. The van der Waals surface area contributed by atoms with E-state index in [0.717, 1.165) is 12.3 Å². The van der Waals surface area contributed by atoms with E-state index in [-0.39, 0.29) is 17.8 Å². The lowest BCUT2D eigenvalue weighted by Gasteiger charge is -2.19. The molecule has 1 amide bonds. The third-order valence-corrected chi connectivity index (χ3v) is 5.34. The summed E-state index contributed by atoms with van der Waals surface area (Å²) in [5.41, 5.74) is 0. The summed E-state index contributed by atoms with van der Waals surface area (Å²) in [5, 5.41) is 5.93. The first-order valence-corrected chi connectivity index (χ1v) is 9.75. The minimum atomic E-state index is -0.457. The summed E-state index contributed by atoms with van der Waals surface area (Å²) < 4.78 is 13.6. The van der Waals surface area contributed by atoms with Crippen LogP contribution in [0.15, 0.2) is 6.20 Å². The van der Waals surface area contributed by atoms with Crippen molar-refractivity contribution in [3.63, 3.8) is 0 Å². The van der Waals surface area contributed by atoms with Gasteiger partial charge in [0, 0.05) is 38.2 Å². The van der Waals surface area contributed by atoms with Crippen LogP contribution in [0.25, 0.3) is 0 Å². The molecular weight excluding hydrogens is 329 g/mol. The summed E-state index contributed by atoms with van der Waals surface area (Å²) in [6, 6.07) is 0.124. The highest BCUT2D eigenvalue weighted by molar-refractivity contribution is 7.98. The third kappa shape index (κ3) is 3.91. The van der Waals surface area contributed by atoms with Gasteiger partial charge in [0.1, 0.15) is 0 Å². The van der Waals surface area contributed by atoms with Gasteiger partial charge in [-0.3, -0.25) is 4.79 Å². The normalized spacial score (nSPS) is 23.4. The van der Waals surface area contributed by atoms with Crippen LogP contribution in [0.2, 0.25) is 0 Å². The van der Waals surface area contributed by atoms with Gasteiger partial charge in [0.05, 0.1) is 12.2 Å². The lowest BCUT2D eigenvalue weighted by Crippen LogP contribution is -2.41. The topological polar surface area (TPSA) is 70.2 Å². The second-order valence-electron chi connectivity index (χ2n) is 6.44. The van der Waals surface area contributed by atoms with Gasteiger partial charge in [0.2, 0.25) is 11.9 Å². The van der Waals surface area contributed by atoms with E-state index < -0.39 is 5.82 Å². The van der Waals surface area contributed by atoms with Crippen LogP contribution in [0, 0.1) is 17.7 Å². The average Bonchev–Trinajstić information content (AvgIpc) is 3.34. The highest BCUT2D eigenvalue weighted by atomic mass is 32.2. The predicted octanol–water partition coefficient (Wildman–Crippen LogP) is 1.74. The number of carbonyl (C=O) groups is 1. The summed E-state index contributed by atoms with van der Waals surface area (Å²) in [7, 11) is 1.64. The zero-order valence-electron chi connectivity index (χ0n) is 14.1. The maximum absolute atomic E-state index is 13.6. The van der Waals surface area contributed by atoms with E-state index in [1.165, 1.54) is 19.0 Å². The molecule has 1 aromatic heterocycles. The first kappa shape index (κ1) is 17.3. The molecule has 1 saturated heterocycles. The zero-order chi connectivity index (χ0) is 17.1. The predicted molar refractivity (Wildman–Crippen MR) is 94.9 cm³/mol. The summed E-state index contributed by atoms with van der Waals surface area (Å²) >= 11 is 1.68. The number of halogens is 1. The zero-order valence-corrected chi connectivity index (χ0v) is 14.9. The molecule has 0 radical (unpaired) electrons. The fraction of sp³-hybridized carbons (Fsp3) is 0.688. The number of nitrogens with zero attached hydrogens (tertiary/aromatic N) is 3. The van der Waals surface area contributed by atoms with Gasteiger partial charge in [-0.1, -0.05) is 0 Å². The van der Waals surface area contributed by atoms with Crippen molar-refractivity contribution in [1.29, 1.82) is 0 Å². The van der Waals surface area contributed by atoms with Gasteiger partial charge >= 0.3 is 0 Å². The molecular formula is C16H24FN5OS. The molecule has 1 aliphatic heterocycles. The van der Waals surface area contributed by atoms with E-state index in [1.807, 2.05) is 6.26 Å². The van der Waals surface area contributed by atoms with Crippen molar-refractivity contribution in [2.75, 3.05) is 42.4 Å². The average molecular weight is 353 g/mol.